The fourth-order valence-corrected chi connectivity index (χ4v) is 4.30. The van der Waals surface area contributed by atoms with E-state index >= 15 is 0 Å². The van der Waals surface area contributed by atoms with Crippen LogP contribution in [0.3, 0.4) is 0 Å². The van der Waals surface area contributed by atoms with E-state index in [4.69, 9.17) is 4.74 Å². The van der Waals surface area contributed by atoms with Gasteiger partial charge in [-0.3, -0.25) is 19.3 Å². The maximum Gasteiger partial charge on any atom is 0.294 e. The van der Waals surface area contributed by atoms with Crippen LogP contribution in [0.25, 0.3) is 6.08 Å². The fraction of sp³-hybridized carbons (Fsp3) is 0.261. The Bertz CT molecular complexity index is 984. The molecular formula is C23H22N2O4S. The van der Waals surface area contributed by atoms with Gasteiger partial charge in [0.2, 0.25) is 5.91 Å². The number of thioether (sulfide) groups is 1. The molecule has 0 unspecified atom stereocenters. The molecule has 2 heterocycles. The molecule has 0 spiro atoms. The highest BCUT2D eigenvalue weighted by Crippen LogP contribution is 2.33. The summed E-state index contributed by atoms with van der Waals surface area (Å²) in [5, 5.41) is -0.409. The van der Waals surface area contributed by atoms with Crippen molar-refractivity contribution in [3.05, 3.63) is 65.1 Å². The Morgan fingerprint density at radius 2 is 1.70 bits per heavy atom. The lowest BCUT2D eigenvalue weighted by atomic mass is 10.1. The standard InChI is InChI=1S/C23H22N2O4S/c26-21(24-12-5-2-6-13-24)16-25-22(27)20(30-23(25)28)15-17-8-7-11-19(14-17)29-18-9-3-1-4-10-18/h1,3-4,7-11,14-15H,2,5-6,12-13,16H2/b20-15+. The number of rotatable bonds is 5. The molecule has 4 rings (SSSR count). The van der Waals surface area contributed by atoms with Crippen molar-refractivity contribution in [2.45, 2.75) is 19.3 Å². The minimum absolute atomic E-state index is 0.170. The second-order valence-electron chi connectivity index (χ2n) is 7.20. The number of piperidine rings is 1. The molecule has 2 aliphatic heterocycles. The lowest BCUT2D eigenvalue weighted by Crippen LogP contribution is -2.44. The van der Waals surface area contributed by atoms with Gasteiger partial charge in [-0.25, -0.2) is 0 Å². The van der Waals surface area contributed by atoms with Crippen molar-refractivity contribution in [2.75, 3.05) is 19.6 Å². The Kier molecular flexibility index (Phi) is 6.18. The van der Waals surface area contributed by atoms with Crippen LogP contribution in [0.15, 0.2) is 59.5 Å². The maximum atomic E-state index is 12.7. The van der Waals surface area contributed by atoms with Crippen LogP contribution < -0.4 is 4.74 Å². The summed E-state index contributed by atoms with van der Waals surface area (Å²) in [5.74, 6) is 0.752. The van der Waals surface area contributed by atoms with Gasteiger partial charge >= 0.3 is 0 Å². The molecule has 2 aromatic carbocycles. The second kappa shape index (κ2) is 9.17. The molecule has 0 aromatic heterocycles. The van der Waals surface area contributed by atoms with Crippen molar-refractivity contribution >= 4 is 34.9 Å². The fourth-order valence-electron chi connectivity index (χ4n) is 3.46. The molecule has 2 aromatic rings. The third-order valence-electron chi connectivity index (χ3n) is 5.01. The smallest absolute Gasteiger partial charge is 0.294 e. The normalized spacial score (nSPS) is 18.2. The number of imide groups is 1. The molecular weight excluding hydrogens is 400 g/mol. The molecule has 7 heteroatoms. The molecule has 0 atom stereocenters. The molecule has 3 amide bonds. The summed E-state index contributed by atoms with van der Waals surface area (Å²) < 4.78 is 5.82. The summed E-state index contributed by atoms with van der Waals surface area (Å²) in [4.78, 5) is 40.6. The van der Waals surface area contributed by atoms with E-state index in [1.165, 1.54) is 0 Å². The monoisotopic (exact) mass is 422 g/mol. The first-order valence-electron chi connectivity index (χ1n) is 9.96. The molecule has 2 aliphatic rings. The number of hydrogen-bond donors (Lipinski definition) is 0. The van der Waals surface area contributed by atoms with Crippen molar-refractivity contribution in [3.8, 4) is 11.5 Å². The maximum absolute atomic E-state index is 12.7. The van der Waals surface area contributed by atoms with Gasteiger partial charge in [-0.2, -0.15) is 0 Å². The average molecular weight is 423 g/mol. The molecule has 0 aliphatic carbocycles. The first-order chi connectivity index (χ1) is 14.6. The molecule has 30 heavy (non-hydrogen) atoms. The van der Waals surface area contributed by atoms with E-state index in [1.54, 1.807) is 17.0 Å². The van der Waals surface area contributed by atoms with Gasteiger partial charge in [0.25, 0.3) is 11.1 Å². The number of ether oxygens (including phenoxy) is 1. The van der Waals surface area contributed by atoms with E-state index in [1.807, 2.05) is 48.5 Å². The van der Waals surface area contributed by atoms with Gasteiger partial charge in [0.05, 0.1) is 4.91 Å². The molecule has 0 radical (unpaired) electrons. The Balaban J connectivity index is 1.45. The molecule has 154 valence electrons. The molecule has 6 nitrogen and oxygen atoms in total. The van der Waals surface area contributed by atoms with Gasteiger partial charge in [0.1, 0.15) is 18.0 Å². The molecule has 0 N–H and O–H groups in total. The SMILES string of the molecule is O=C(CN1C(=O)S/C(=C/c2cccc(Oc3ccccc3)c2)C1=O)N1CCCCC1. The van der Waals surface area contributed by atoms with Gasteiger partial charge in [0.15, 0.2) is 0 Å². The summed E-state index contributed by atoms with van der Waals surface area (Å²) in [6.07, 6.45) is 4.71. The molecule has 0 bridgehead atoms. The zero-order chi connectivity index (χ0) is 20.9. The second-order valence-corrected chi connectivity index (χ2v) is 8.19. The highest BCUT2D eigenvalue weighted by Gasteiger charge is 2.37. The highest BCUT2D eigenvalue weighted by molar-refractivity contribution is 8.18. The van der Waals surface area contributed by atoms with E-state index in [0.29, 0.717) is 29.5 Å². The van der Waals surface area contributed by atoms with Crippen LogP contribution >= 0.6 is 11.8 Å². The summed E-state index contributed by atoms with van der Waals surface area (Å²) in [6, 6.07) is 16.7. The van der Waals surface area contributed by atoms with Crippen LogP contribution in [0.1, 0.15) is 24.8 Å². The van der Waals surface area contributed by atoms with Gasteiger partial charge in [-0.05, 0) is 66.9 Å². The Hall–Kier alpha value is -3.06. The van der Waals surface area contributed by atoms with E-state index in [9.17, 15) is 14.4 Å². The summed E-state index contributed by atoms with van der Waals surface area (Å²) in [6.45, 7) is 1.19. The van der Waals surface area contributed by atoms with Crippen LogP contribution in [-0.2, 0) is 9.59 Å². The van der Waals surface area contributed by atoms with E-state index in [-0.39, 0.29) is 12.5 Å². The van der Waals surface area contributed by atoms with Crippen LogP contribution in [-0.4, -0.2) is 46.5 Å². The number of likely N-dealkylation sites (tertiary alicyclic amines) is 1. The Morgan fingerprint density at radius 3 is 2.47 bits per heavy atom. The van der Waals surface area contributed by atoms with Gasteiger partial charge in [-0.1, -0.05) is 30.3 Å². The summed E-state index contributed by atoms with van der Waals surface area (Å²) in [7, 11) is 0. The Labute approximate surface area is 179 Å². The predicted molar refractivity (Wildman–Crippen MR) is 116 cm³/mol. The molecule has 2 fully saturated rings. The van der Waals surface area contributed by atoms with Crippen molar-refractivity contribution in [1.29, 1.82) is 0 Å². The average Bonchev–Trinajstić information content (AvgIpc) is 3.02. The summed E-state index contributed by atoms with van der Waals surface area (Å²) >= 11 is 0.862. The number of carbonyl (C=O) groups is 3. The van der Waals surface area contributed by atoms with Crippen LogP contribution in [0.4, 0.5) is 4.79 Å². The number of benzene rings is 2. The number of hydrogen-bond acceptors (Lipinski definition) is 5. The minimum atomic E-state index is -0.426. The minimum Gasteiger partial charge on any atom is -0.457 e. The van der Waals surface area contributed by atoms with Crippen molar-refractivity contribution in [3.63, 3.8) is 0 Å². The van der Waals surface area contributed by atoms with Crippen LogP contribution in [0.5, 0.6) is 11.5 Å². The largest absolute Gasteiger partial charge is 0.457 e. The van der Waals surface area contributed by atoms with E-state index in [2.05, 4.69) is 0 Å². The lowest BCUT2D eigenvalue weighted by molar-refractivity contribution is -0.136. The predicted octanol–water partition coefficient (Wildman–Crippen LogP) is 4.53. The lowest BCUT2D eigenvalue weighted by Gasteiger charge is -2.27. The quantitative estimate of drug-likeness (QED) is 0.663. The highest BCUT2D eigenvalue weighted by atomic mass is 32.2. The molecule has 2 saturated heterocycles. The van der Waals surface area contributed by atoms with Crippen LogP contribution in [0, 0.1) is 0 Å². The number of nitrogens with zero attached hydrogens (tertiary/aromatic N) is 2. The van der Waals surface area contributed by atoms with Crippen molar-refractivity contribution in [2.24, 2.45) is 0 Å². The number of carbonyl (C=O) groups excluding carboxylic acids is 3. The third-order valence-corrected chi connectivity index (χ3v) is 5.92. The summed E-state index contributed by atoms with van der Waals surface area (Å²) in [5.41, 5.74) is 0.747. The topological polar surface area (TPSA) is 66.9 Å². The van der Waals surface area contributed by atoms with Gasteiger partial charge in [0, 0.05) is 13.1 Å². The Morgan fingerprint density at radius 1 is 0.967 bits per heavy atom. The van der Waals surface area contributed by atoms with Crippen molar-refractivity contribution < 1.29 is 19.1 Å². The van der Waals surface area contributed by atoms with E-state index in [0.717, 1.165) is 41.5 Å². The zero-order valence-electron chi connectivity index (χ0n) is 16.5. The van der Waals surface area contributed by atoms with E-state index < -0.39 is 11.1 Å². The van der Waals surface area contributed by atoms with Gasteiger partial charge in [-0.15, -0.1) is 0 Å². The number of para-hydroxylation sites is 1. The first kappa shape index (κ1) is 20.2. The van der Waals surface area contributed by atoms with Crippen LogP contribution in [0.2, 0.25) is 0 Å². The van der Waals surface area contributed by atoms with Gasteiger partial charge < -0.3 is 9.64 Å². The first-order valence-corrected chi connectivity index (χ1v) is 10.8. The van der Waals surface area contributed by atoms with Crippen molar-refractivity contribution in [1.82, 2.24) is 9.80 Å². The molecule has 0 saturated carbocycles. The third kappa shape index (κ3) is 4.74. The zero-order valence-corrected chi connectivity index (χ0v) is 17.3. The number of amides is 3.